The minimum Gasteiger partial charge on any atom is -0.496 e. The summed E-state index contributed by atoms with van der Waals surface area (Å²) in [5, 5.41) is 0. The van der Waals surface area contributed by atoms with Crippen LogP contribution in [0.2, 0.25) is 0 Å². The molecule has 6 heterocycles. The van der Waals surface area contributed by atoms with Crippen LogP contribution >= 0.6 is 11.3 Å². The van der Waals surface area contributed by atoms with Gasteiger partial charge in [0.25, 0.3) is 5.56 Å². The monoisotopic (exact) mass is 556 g/mol. The van der Waals surface area contributed by atoms with Crippen LogP contribution in [0.25, 0.3) is 31.8 Å². The number of pyridine rings is 1. The van der Waals surface area contributed by atoms with Gasteiger partial charge in [-0.2, -0.15) is 0 Å². The van der Waals surface area contributed by atoms with Gasteiger partial charge in [-0.05, 0) is 43.7 Å². The van der Waals surface area contributed by atoms with Gasteiger partial charge < -0.3 is 19.4 Å². The van der Waals surface area contributed by atoms with E-state index >= 15 is 0 Å². The second-order valence-electron chi connectivity index (χ2n) is 10.4. The third kappa shape index (κ3) is 4.25. The molecule has 2 aliphatic heterocycles. The molecule has 10 nitrogen and oxygen atoms in total. The van der Waals surface area contributed by atoms with Gasteiger partial charge in [0.15, 0.2) is 0 Å². The maximum absolute atomic E-state index is 13.3. The van der Waals surface area contributed by atoms with E-state index in [1.807, 2.05) is 30.3 Å². The Bertz CT molecular complexity index is 1820. The van der Waals surface area contributed by atoms with Gasteiger partial charge in [0.1, 0.15) is 26.5 Å². The fraction of sp³-hybridized carbons (Fsp3) is 0.345. The summed E-state index contributed by atoms with van der Waals surface area (Å²) in [6.45, 7) is 3.91. The molecule has 0 radical (unpaired) electrons. The van der Waals surface area contributed by atoms with Crippen LogP contribution in [0.15, 0.2) is 58.5 Å². The van der Waals surface area contributed by atoms with E-state index in [0.717, 1.165) is 49.5 Å². The molecule has 0 unspecified atom stereocenters. The molecule has 5 aromatic rings. The number of aromatic nitrogens is 5. The third-order valence-corrected chi connectivity index (χ3v) is 9.04. The number of H-pyrrole nitrogens is 1. The van der Waals surface area contributed by atoms with Gasteiger partial charge in [-0.15, -0.1) is 11.3 Å². The Hall–Kier alpha value is -4.09. The van der Waals surface area contributed by atoms with E-state index in [4.69, 9.17) is 9.47 Å². The van der Waals surface area contributed by atoms with Crippen LogP contribution < -0.4 is 20.7 Å². The number of thiophene rings is 1. The number of hydrogen-bond donors (Lipinski definition) is 1. The predicted molar refractivity (Wildman–Crippen MR) is 153 cm³/mol. The molecule has 0 aliphatic carbocycles. The highest BCUT2D eigenvalue weighted by Gasteiger charge is 2.40. The highest BCUT2D eigenvalue weighted by atomic mass is 32.1. The van der Waals surface area contributed by atoms with Crippen LogP contribution in [0.3, 0.4) is 0 Å². The first-order valence-electron chi connectivity index (χ1n) is 13.5. The van der Waals surface area contributed by atoms with E-state index in [-0.39, 0.29) is 5.56 Å². The maximum Gasteiger partial charge on any atom is 0.328 e. The molecule has 1 fully saturated rings. The minimum absolute atomic E-state index is 0.292. The number of ether oxygens (including phenoxy) is 2. The Morgan fingerprint density at radius 3 is 2.88 bits per heavy atom. The van der Waals surface area contributed by atoms with E-state index in [2.05, 4.69) is 24.8 Å². The normalized spacial score (nSPS) is 18.5. The highest BCUT2D eigenvalue weighted by molar-refractivity contribution is 7.25. The lowest BCUT2D eigenvalue weighted by molar-refractivity contribution is 0.209. The van der Waals surface area contributed by atoms with E-state index in [1.54, 1.807) is 25.7 Å². The van der Waals surface area contributed by atoms with Crippen molar-refractivity contribution in [2.45, 2.75) is 25.3 Å². The van der Waals surface area contributed by atoms with Gasteiger partial charge in [0.05, 0.1) is 31.1 Å². The molecule has 11 heteroatoms. The van der Waals surface area contributed by atoms with Crippen LogP contribution in [0, 0.1) is 5.92 Å². The summed E-state index contributed by atoms with van der Waals surface area (Å²) in [4.78, 5) is 45.6. The van der Waals surface area contributed by atoms with Gasteiger partial charge in [0, 0.05) is 55.0 Å². The molecule has 2 atom stereocenters. The van der Waals surface area contributed by atoms with E-state index in [1.165, 1.54) is 21.5 Å². The largest absolute Gasteiger partial charge is 0.496 e. The number of rotatable bonds is 7. The lowest BCUT2D eigenvalue weighted by Gasteiger charge is -2.29. The third-order valence-electron chi connectivity index (χ3n) is 7.97. The fourth-order valence-corrected chi connectivity index (χ4v) is 7.01. The molecule has 0 bridgehead atoms. The molecule has 1 N–H and O–H groups in total. The quantitative estimate of drug-likeness (QED) is 0.302. The molecule has 1 aromatic carbocycles. The molecular weight excluding hydrogens is 528 g/mol. The number of fused-ring (bicyclic) bond motifs is 6. The number of aromatic amines is 1. The zero-order valence-electron chi connectivity index (χ0n) is 22.0. The Balaban J connectivity index is 1.05. The fourth-order valence-electron chi connectivity index (χ4n) is 6.02. The zero-order chi connectivity index (χ0) is 27.2. The van der Waals surface area contributed by atoms with Crippen LogP contribution in [0.5, 0.6) is 11.5 Å². The van der Waals surface area contributed by atoms with Gasteiger partial charge in [-0.25, -0.2) is 14.8 Å². The maximum atomic E-state index is 13.3. The molecule has 1 saturated heterocycles. The summed E-state index contributed by atoms with van der Waals surface area (Å²) in [7, 11) is 1.71. The highest BCUT2D eigenvalue weighted by Crippen LogP contribution is 2.46. The summed E-state index contributed by atoms with van der Waals surface area (Å²) in [5.74, 6) is 2.64. The first-order chi connectivity index (χ1) is 19.6. The molecule has 4 aromatic heterocycles. The number of nitrogens with zero attached hydrogens (tertiary/aromatic N) is 5. The average molecular weight is 557 g/mol. The summed E-state index contributed by atoms with van der Waals surface area (Å²) < 4.78 is 13.4. The molecule has 0 spiro atoms. The van der Waals surface area contributed by atoms with Crippen molar-refractivity contribution in [2.24, 2.45) is 5.92 Å². The van der Waals surface area contributed by atoms with Crippen molar-refractivity contribution in [2.75, 3.05) is 33.4 Å². The van der Waals surface area contributed by atoms with Gasteiger partial charge >= 0.3 is 5.69 Å². The van der Waals surface area contributed by atoms with Crippen LogP contribution in [-0.2, 0) is 6.54 Å². The number of hydrogen-bond acceptors (Lipinski definition) is 9. The molecule has 0 amide bonds. The molecule has 2 aliphatic rings. The first kappa shape index (κ1) is 24.9. The second kappa shape index (κ2) is 10.1. The lowest BCUT2D eigenvalue weighted by atomic mass is 9.86. The number of nitrogens with one attached hydrogen (secondary N) is 1. The van der Waals surface area contributed by atoms with Gasteiger partial charge in [0.2, 0.25) is 0 Å². The Morgan fingerprint density at radius 2 is 2.02 bits per heavy atom. The smallest absolute Gasteiger partial charge is 0.328 e. The summed E-state index contributed by atoms with van der Waals surface area (Å²) in [6, 6.07) is 9.71. The van der Waals surface area contributed by atoms with Crippen molar-refractivity contribution < 1.29 is 9.47 Å². The molecule has 204 valence electrons. The molecule has 7 rings (SSSR count). The summed E-state index contributed by atoms with van der Waals surface area (Å²) >= 11 is 1.26. The number of benzene rings is 1. The van der Waals surface area contributed by atoms with E-state index in [0.29, 0.717) is 51.2 Å². The Morgan fingerprint density at radius 1 is 1.12 bits per heavy atom. The first-order valence-corrected chi connectivity index (χ1v) is 14.3. The molecule has 0 saturated carbocycles. The van der Waals surface area contributed by atoms with Crippen LogP contribution in [0.1, 0.15) is 24.3 Å². The van der Waals surface area contributed by atoms with Crippen molar-refractivity contribution in [1.82, 2.24) is 29.4 Å². The van der Waals surface area contributed by atoms with Crippen molar-refractivity contribution in [1.29, 1.82) is 0 Å². The van der Waals surface area contributed by atoms with Crippen LogP contribution in [-0.4, -0.2) is 62.8 Å². The lowest BCUT2D eigenvalue weighted by Crippen LogP contribution is -2.34. The second-order valence-corrected chi connectivity index (χ2v) is 11.4. The standard InChI is InChI=1S/C29H28N6O4S/c1-38-21-7-4-8-22-23(21)19-15-34(14-18(19)16-39-22)10-2-3-11-35-28(36)26-24(33-29(35)37)25-27(40-26)31-13-20(32-25)17-6-5-9-30-12-17/h4-9,12-13,18-19H,2-3,10-11,14-16H2,1H3,(H,33,37)/t18-,19-/m1/s1. The SMILES string of the molecule is COc1cccc2c1[C@@H]1CN(CCCCn3c(=O)[nH]c4c(sc5ncc(-c6cccnc6)nc54)c3=O)C[C@@H]1CO2. The Kier molecular flexibility index (Phi) is 6.32. The van der Waals surface area contributed by atoms with E-state index < -0.39 is 5.69 Å². The average Bonchev–Trinajstić information content (AvgIpc) is 3.58. The zero-order valence-corrected chi connectivity index (χ0v) is 22.8. The molecule has 40 heavy (non-hydrogen) atoms. The van der Waals surface area contributed by atoms with Crippen molar-refractivity contribution in [3.05, 3.63) is 75.3 Å². The van der Waals surface area contributed by atoms with Gasteiger partial charge in [-0.1, -0.05) is 6.07 Å². The molecular formula is C29H28N6O4S. The van der Waals surface area contributed by atoms with Crippen molar-refractivity contribution >= 4 is 31.9 Å². The summed E-state index contributed by atoms with van der Waals surface area (Å²) in [6.07, 6.45) is 6.68. The number of likely N-dealkylation sites (tertiary alicyclic amines) is 1. The topological polar surface area (TPSA) is 115 Å². The van der Waals surface area contributed by atoms with Crippen molar-refractivity contribution in [3.8, 4) is 22.8 Å². The minimum atomic E-state index is -0.418. The number of unbranched alkanes of at least 4 members (excludes halogenated alkanes) is 1. The predicted octanol–water partition coefficient (Wildman–Crippen LogP) is 3.65. The Labute approximate surface area is 233 Å². The van der Waals surface area contributed by atoms with Gasteiger partial charge in [-0.3, -0.25) is 14.3 Å². The summed E-state index contributed by atoms with van der Waals surface area (Å²) in [5.41, 5.74) is 2.90. The van der Waals surface area contributed by atoms with E-state index in [9.17, 15) is 9.59 Å². The van der Waals surface area contributed by atoms with Crippen LogP contribution in [0.4, 0.5) is 0 Å². The van der Waals surface area contributed by atoms with Crippen molar-refractivity contribution in [3.63, 3.8) is 0 Å². The number of methoxy groups -OCH3 is 1.